The average Bonchev–Trinajstić information content (AvgIpc) is 1.81. The molecule has 0 aromatic rings. The fraction of sp³-hybridized carbons (Fsp3) is 0.778. The van der Waals surface area contributed by atoms with Crippen LogP contribution in [0.25, 0.3) is 0 Å². The molecule has 0 fully saturated rings. The van der Waals surface area contributed by atoms with Crippen molar-refractivity contribution < 1.29 is 31.7 Å². The SMILES string of the molecule is CC(C)/C=C/C(C)(C)C(F)(F)F.[V]. The van der Waals surface area contributed by atoms with Gasteiger partial charge < -0.3 is 0 Å². The molecular formula is C9H15F3V. The minimum Gasteiger partial charge on any atom is -0.170 e. The summed E-state index contributed by atoms with van der Waals surface area (Å²) in [6.07, 6.45) is -1.36. The van der Waals surface area contributed by atoms with Crippen molar-refractivity contribution in [2.24, 2.45) is 11.3 Å². The minimum absolute atomic E-state index is 0. The third-order valence-corrected chi connectivity index (χ3v) is 1.63. The van der Waals surface area contributed by atoms with Crippen LogP contribution >= 0.6 is 0 Å². The number of halogens is 3. The van der Waals surface area contributed by atoms with Crippen LogP contribution in [0.3, 0.4) is 0 Å². The Labute approximate surface area is 89.5 Å². The van der Waals surface area contributed by atoms with Crippen molar-refractivity contribution in [3.8, 4) is 0 Å². The predicted molar refractivity (Wildman–Crippen MR) is 43.8 cm³/mol. The monoisotopic (exact) mass is 231 g/mol. The van der Waals surface area contributed by atoms with Gasteiger partial charge in [0.25, 0.3) is 0 Å². The topological polar surface area (TPSA) is 0 Å². The van der Waals surface area contributed by atoms with Crippen molar-refractivity contribution in [3.05, 3.63) is 12.2 Å². The van der Waals surface area contributed by atoms with Gasteiger partial charge in [-0.3, -0.25) is 0 Å². The van der Waals surface area contributed by atoms with E-state index in [0.29, 0.717) is 0 Å². The van der Waals surface area contributed by atoms with E-state index in [1.54, 1.807) is 6.08 Å². The second-order valence-corrected chi connectivity index (χ2v) is 3.82. The van der Waals surface area contributed by atoms with E-state index >= 15 is 0 Å². The summed E-state index contributed by atoms with van der Waals surface area (Å²) < 4.78 is 36.7. The summed E-state index contributed by atoms with van der Waals surface area (Å²) in [5, 5.41) is 0. The molecule has 0 bridgehead atoms. The third-order valence-electron chi connectivity index (χ3n) is 1.63. The average molecular weight is 231 g/mol. The fourth-order valence-corrected chi connectivity index (χ4v) is 0.528. The minimum atomic E-state index is -4.15. The summed E-state index contributed by atoms with van der Waals surface area (Å²) in [4.78, 5) is 0. The van der Waals surface area contributed by atoms with E-state index in [2.05, 4.69) is 0 Å². The summed E-state index contributed by atoms with van der Waals surface area (Å²) >= 11 is 0. The molecule has 0 aliphatic carbocycles. The smallest absolute Gasteiger partial charge is 0.170 e. The Balaban J connectivity index is 0. The molecule has 77 valence electrons. The van der Waals surface area contributed by atoms with Crippen LogP contribution in [0.15, 0.2) is 12.2 Å². The maximum absolute atomic E-state index is 12.2. The van der Waals surface area contributed by atoms with Crippen LogP contribution in [-0.4, -0.2) is 6.18 Å². The van der Waals surface area contributed by atoms with Crippen molar-refractivity contribution in [2.75, 3.05) is 0 Å². The van der Waals surface area contributed by atoms with Crippen LogP contribution in [0.1, 0.15) is 27.7 Å². The van der Waals surface area contributed by atoms with Gasteiger partial charge in [0.1, 0.15) is 0 Å². The Morgan fingerprint density at radius 2 is 1.46 bits per heavy atom. The zero-order valence-corrected chi connectivity index (χ0v) is 9.71. The van der Waals surface area contributed by atoms with Crippen LogP contribution in [0.5, 0.6) is 0 Å². The van der Waals surface area contributed by atoms with Crippen LogP contribution < -0.4 is 0 Å². The van der Waals surface area contributed by atoms with Gasteiger partial charge >= 0.3 is 6.18 Å². The number of alkyl halides is 3. The zero-order valence-electron chi connectivity index (χ0n) is 8.31. The second-order valence-electron chi connectivity index (χ2n) is 3.82. The molecule has 0 heterocycles. The van der Waals surface area contributed by atoms with E-state index in [0.717, 1.165) is 0 Å². The van der Waals surface area contributed by atoms with E-state index in [-0.39, 0.29) is 24.5 Å². The maximum Gasteiger partial charge on any atom is 0.397 e. The predicted octanol–water partition coefficient (Wildman–Crippen LogP) is 3.78. The number of hydrogen-bond acceptors (Lipinski definition) is 0. The molecule has 0 spiro atoms. The molecule has 0 atom stereocenters. The Hall–Kier alpha value is 0.114. The van der Waals surface area contributed by atoms with Crippen molar-refractivity contribution in [1.82, 2.24) is 0 Å². The van der Waals surface area contributed by atoms with Crippen molar-refractivity contribution in [2.45, 2.75) is 33.9 Å². The Morgan fingerprint density at radius 1 is 1.08 bits per heavy atom. The molecule has 13 heavy (non-hydrogen) atoms. The normalized spacial score (nSPS) is 13.5. The van der Waals surface area contributed by atoms with E-state index in [4.69, 9.17) is 0 Å². The molecule has 0 aromatic heterocycles. The van der Waals surface area contributed by atoms with Crippen LogP contribution in [0, 0.1) is 11.3 Å². The number of rotatable bonds is 2. The van der Waals surface area contributed by atoms with E-state index < -0.39 is 11.6 Å². The second kappa shape index (κ2) is 5.11. The van der Waals surface area contributed by atoms with E-state index in [1.807, 2.05) is 13.8 Å². The van der Waals surface area contributed by atoms with Crippen LogP contribution in [0.2, 0.25) is 0 Å². The van der Waals surface area contributed by atoms with E-state index in [1.165, 1.54) is 19.9 Å². The Morgan fingerprint density at radius 3 is 1.69 bits per heavy atom. The molecule has 0 saturated heterocycles. The first-order chi connectivity index (χ1) is 5.17. The number of hydrogen-bond donors (Lipinski definition) is 0. The molecular weight excluding hydrogens is 216 g/mol. The third kappa shape index (κ3) is 5.43. The Kier molecular flexibility index (Phi) is 6.12. The first kappa shape index (κ1) is 15.6. The molecule has 0 N–H and O–H groups in total. The molecule has 0 unspecified atom stereocenters. The molecule has 0 aliphatic rings. The summed E-state index contributed by atoms with van der Waals surface area (Å²) in [7, 11) is 0. The largest absolute Gasteiger partial charge is 0.397 e. The number of allylic oxidation sites excluding steroid dienone is 2. The molecule has 0 rings (SSSR count). The molecule has 1 radical (unpaired) electrons. The van der Waals surface area contributed by atoms with Gasteiger partial charge in [0.05, 0.1) is 5.41 Å². The zero-order chi connectivity index (χ0) is 9.99. The molecule has 4 heteroatoms. The van der Waals surface area contributed by atoms with Gasteiger partial charge in [0, 0.05) is 18.6 Å². The molecule has 0 aliphatic heterocycles. The first-order valence-corrected chi connectivity index (χ1v) is 3.93. The standard InChI is InChI=1S/C9H15F3.V/c1-7(2)5-6-8(3,4)9(10,11)12;/h5-7H,1-4H3;/b6-5+;. The summed E-state index contributed by atoms with van der Waals surface area (Å²) in [5.41, 5.74) is -1.71. The quantitative estimate of drug-likeness (QED) is 0.634. The van der Waals surface area contributed by atoms with Crippen LogP contribution in [0.4, 0.5) is 13.2 Å². The van der Waals surface area contributed by atoms with Crippen LogP contribution in [-0.2, 0) is 18.6 Å². The summed E-state index contributed by atoms with van der Waals surface area (Å²) in [6.45, 7) is 6.05. The summed E-state index contributed by atoms with van der Waals surface area (Å²) in [6, 6.07) is 0. The Bertz CT molecular complexity index is 168. The molecule has 0 aromatic carbocycles. The maximum atomic E-state index is 12.2. The van der Waals surface area contributed by atoms with Gasteiger partial charge in [-0.25, -0.2) is 0 Å². The summed E-state index contributed by atoms with van der Waals surface area (Å²) in [5.74, 6) is 0.159. The van der Waals surface area contributed by atoms with Gasteiger partial charge in [0.15, 0.2) is 0 Å². The van der Waals surface area contributed by atoms with Crippen molar-refractivity contribution in [3.63, 3.8) is 0 Å². The van der Waals surface area contributed by atoms with Crippen molar-refractivity contribution in [1.29, 1.82) is 0 Å². The molecule has 0 nitrogen and oxygen atoms in total. The van der Waals surface area contributed by atoms with Crippen molar-refractivity contribution >= 4 is 0 Å². The molecule has 0 amide bonds. The van der Waals surface area contributed by atoms with Gasteiger partial charge in [-0.1, -0.05) is 26.0 Å². The van der Waals surface area contributed by atoms with Gasteiger partial charge in [-0.2, -0.15) is 13.2 Å². The van der Waals surface area contributed by atoms with Gasteiger partial charge in [0.2, 0.25) is 0 Å². The van der Waals surface area contributed by atoms with Gasteiger partial charge in [-0.15, -0.1) is 0 Å². The molecule has 0 saturated carbocycles. The fourth-order valence-electron chi connectivity index (χ4n) is 0.528. The van der Waals surface area contributed by atoms with E-state index in [9.17, 15) is 13.2 Å². The first-order valence-electron chi connectivity index (χ1n) is 3.93. The van der Waals surface area contributed by atoms with Gasteiger partial charge in [-0.05, 0) is 19.8 Å².